The third kappa shape index (κ3) is 2.37. The summed E-state index contributed by atoms with van der Waals surface area (Å²) >= 11 is 3.93. The number of halogens is 1. The summed E-state index contributed by atoms with van der Waals surface area (Å²) in [6, 6.07) is 0. The zero-order valence-corrected chi connectivity index (χ0v) is 12.0. The minimum Gasteiger partial charge on any atom is -0.368 e. The van der Waals surface area contributed by atoms with E-state index in [4.69, 9.17) is 0 Å². The highest BCUT2D eigenvalue weighted by atomic mass is 127. The number of anilines is 1. The lowest BCUT2D eigenvalue weighted by Gasteiger charge is -2.40. The summed E-state index contributed by atoms with van der Waals surface area (Å²) < 4.78 is 0.989. The molecule has 0 bridgehead atoms. The van der Waals surface area contributed by atoms with E-state index in [-0.39, 0.29) is 5.56 Å². The molecule has 16 heavy (non-hydrogen) atoms. The van der Waals surface area contributed by atoms with Crippen LogP contribution in [0.4, 0.5) is 5.82 Å². The number of hydrogen-bond donors (Lipinski definition) is 2. The van der Waals surface area contributed by atoms with E-state index in [0.717, 1.165) is 6.54 Å². The van der Waals surface area contributed by atoms with Crippen molar-refractivity contribution in [2.75, 3.05) is 18.1 Å². The molecule has 2 N–H and O–H groups in total. The zero-order chi connectivity index (χ0) is 11.6. The summed E-state index contributed by atoms with van der Waals surface area (Å²) in [6.45, 7) is 0.890. The molecule has 0 spiro atoms. The van der Waals surface area contributed by atoms with E-state index >= 15 is 0 Å². The Bertz CT molecular complexity index is 425. The van der Waals surface area contributed by atoms with Gasteiger partial charge in [-0.15, -0.1) is 0 Å². The summed E-state index contributed by atoms with van der Waals surface area (Å²) in [6.07, 6.45) is 7.40. The van der Waals surface area contributed by atoms with Crippen molar-refractivity contribution in [1.29, 1.82) is 0 Å². The Labute approximate surface area is 112 Å². The van der Waals surface area contributed by atoms with Crippen LogP contribution in [0.3, 0.4) is 0 Å². The van der Waals surface area contributed by atoms with Crippen molar-refractivity contribution in [3.63, 3.8) is 0 Å². The van der Waals surface area contributed by atoms with Gasteiger partial charge in [0.05, 0.1) is 6.33 Å². The van der Waals surface area contributed by atoms with Gasteiger partial charge in [-0.3, -0.25) is 4.79 Å². The lowest BCUT2D eigenvalue weighted by molar-refractivity contribution is 0.379. The number of aromatic nitrogens is 2. The van der Waals surface area contributed by atoms with Crippen LogP contribution in [0.1, 0.15) is 19.3 Å². The van der Waals surface area contributed by atoms with Crippen molar-refractivity contribution in [1.82, 2.24) is 9.97 Å². The fourth-order valence-corrected chi connectivity index (χ4v) is 3.17. The Balaban J connectivity index is 2.04. The third-order valence-electron chi connectivity index (χ3n) is 3.07. The summed E-state index contributed by atoms with van der Waals surface area (Å²) in [4.78, 5) is 18.1. The van der Waals surface area contributed by atoms with Crippen LogP contribution in [0, 0.1) is 3.57 Å². The van der Waals surface area contributed by atoms with Crippen LogP contribution in [0.5, 0.6) is 0 Å². The van der Waals surface area contributed by atoms with Gasteiger partial charge in [-0.05, 0) is 41.7 Å². The molecule has 0 amide bonds. The highest BCUT2D eigenvalue weighted by Gasteiger charge is 2.36. The third-order valence-corrected chi connectivity index (χ3v) is 5.49. The molecular formula is C10H14IN3OS. The van der Waals surface area contributed by atoms with E-state index < -0.39 is 0 Å². The minimum atomic E-state index is -0.0788. The normalized spacial score (nSPS) is 17.9. The second-order valence-electron chi connectivity index (χ2n) is 3.99. The smallest absolute Gasteiger partial charge is 0.266 e. The first-order valence-electron chi connectivity index (χ1n) is 5.19. The van der Waals surface area contributed by atoms with Crippen LogP contribution in [0.2, 0.25) is 0 Å². The molecule has 1 aliphatic carbocycles. The van der Waals surface area contributed by atoms with Crippen LogP contribution in [-0.4, -0.2) is 27.5 Å². The van der Waals surface area contributed by atoms with Crippen LogP contribution in [0.25, 0.3) is 0 Å². The molecule has 1 aliphatic rings. The van der Waals surface area contributed by atoms with E-state index in [1.54, 1.807) is 0 Å². The molecular weight excluding hydrogens is 337 g/mol. The fraction of sp³-hybridized carbons (Fsp3) is 0.600. The molecule has 1 heterocycles. The molecule has 0 unspecified atom stereocenters. The highest BCUT2D eigenvalue weighted by molar-refractivity contribution is 14.1. The van der Waals surface area contributed by atoms with Crippen LogP contribution < -0.4 is 10.9 Å². The number of aromatic amines is 1. The van der Waals surface area contributed by atoms with Crippen LogP contribution in [-0.2, 0) is 0 Å². The van der Waals surface area contributed by atoms with Crippen LogP contribution >= 0.6 is 34.4 Å². The standard InChI is InChI=1S/C10H14IN3OS/c1-16-10(3-2-4-10)5-12-8-7(11)9(15)14-6-13-8/h6H,2-5H2,1H3,(H2,12,13,14,15). The van der Waals surface area contributed by atoms with E-state index in [2.05, 4.69) is 21.5 Å². The van der Waals surface area contributed by atoms with E-state index in [1.807, 2.05) is 34.4 Å². The molecule has 2 rings (SSSR count). The molecule has 1 fully saturated rings. The first-order valence-corrected chi connectivity index (χ1v) is 7.49. The molecule has 1 aromatic rings. The Morgan fingerprint density at radius 2 is 2.44 bits per heavy atom. The summed E-state index contributed by atoms with van der Waals surface area (Å²) in [5, 5.41) is 3.29. The van der Waals surface area contributed by atoms with Gasteiger partial charge in [0.2, 0.25) is 0 Å². The molecule has 0 aromatic carbocycles. The fourth-order valence-electron chi connectivity index (χ4n) is 1.78. The topological polar surface area (TPSA) is 57.8 Å². The van der Waals surface area contributed by atoms with Crippen molar-refractivity contribution in [2.24, 2.45) is 0 Å². The quantitative estimate of drug-likeness (QED) is 0.816. The van der Waals surface area contributed by atoms with Crippen molar-refractivity contribution in [3.05, 3.63) is 20.3 Å². The molecule has 0 saturated heterocycles. The van der Waals surface area contributed by atoms with Crippen molar-refractivity contribution in [3.8, 4) is 0 Å². The van der Waals surface area contributed by atoms with Gasteiger partial charge >= 0.3 is 0 Å². The van der Waals surface area contributed by atoms with E-state index in [0.29, 0.717) is 14.1 Å². The average Bonchev–Trinajstić information content (AvgIpc) is 2.23. The lowest BCUT2D eigenvalue weighted by atomic mass is 9.84. The maximum Gasteiger partial charge on any atom is 0.266 e. The molecule has 0 radical (unpaired) electrons. The maximum absolute atomic E-state index is 11.4. The van der Waals surface area contributed by atoms with Gasteiger partial charge in [0.1, 0.15) is 9.39 Å². The molecule has 1 aromatic heterocycles. The summed E-state index contributed by atoms with van der Waals surface area (Å²) in [5.74, 6) is 0.699. The summed E-state index contributed by atoms with van der Waals surface area (Å²) in [5.41, 5.74) is -0.0788. The molecule has 88 valence electrons. The second kappa shape index (κ2) is 4.95. The number of rotatable bonds is 4. The number of hydrogen-bond acceptors (Lipinski definition) is 4. The predicted octanol–water partition coefficient (Wildman–Crippen LogP) is 2.07. The van der Waals surface area contributed by atoms with Crippen LogP contribution in [0.15, 0.2) is 11.1 Å². The SMILES string of the molecule is CSC1(CNc2nc[nH]c(=O)c2I)CCC1. The summed E-state index contributed by atoms with van der Waals surface area (Å²) in [7, 11) is 0. The molecule has 1 saturated carbocycles. The molecule has 0 atom stereocenters. The van der Waals surface area contributed by atoms with Gasteiger partial charge < -0.3 is 10.3 Å². The maximum atomic E-state index is 11.4. The van der Waals surface area contributed by atoms with Gasteiger partial charge in [0, 0.05) is 11.3 Å². The average molecular weight is 351 g/mol. The Morgan fingerprint density at radius 1 is 1.69 bits per heavy atom. The Morgan fingerprint density at radius 3 is 3.00 bits per heavy atom. The number of nitrogens with zero attached hydrogens (tertiary/aromatic N) is 1. The van der Waals surface area contributed by atoms with Gasteiger partial charge in [-0.25, -0.2) is 4.98 Å². The Kier molecular flexibility index (Phi) is 3.78. The number of nitrogens with one attached hydrogen (secondary N) is 2. The largest absolute Gasteiger partial charge is 0.368 e. The van der Waals surface area contributed by atoms with Crippen molar-refractivity contribution < 1.29 is 0 Å². The first kappa shape index (κ1) is 12.2. The Hall–Kier alpha value is -0.240. The number of thioether (sulfide) groups is 1. The van der Waals surface area contributed by atoms with Gasteiger partial charge in [0.25, 0.3) is 5.56 Å². The first-order chi connectivity index (χ1) is 7.67. The highest BCUT2D eigenvalue weighted by Crippen LogP contribution is 2.42. The second-order valence-corrected chi connectivity index (χ2v) is 6.34. The number of H-pyrrole nitrogens is 1. The van der Waals surface area contributed by atoms with Gasteiger partial charge in [-0.2, -0.15) is 11.8 Å². The van der Waals surface area contributed by atoms with Crippen molar-refractivity contribution in [2.45, 2.75) is 24.0 Å². The van der Waals surface area contributed by atoms with Crippen molar-refractivity contribution >= 4 is 40.2 Å². The van der Waals surface area contributed by atoms with E-state index in [9.17, 15) is 4.79 Å². The molecule has 4 nitrogen and oxygen atoms in total. The van der Waals surface area contributed by atoms with E-state index in [1.165, 1.54) is 25.6 Å². The minimum absolute atomic E-state index is 0.0788. The monoisotopic (exact) mass is 351 g/mol. The molecule has 6 heteroatoms. The lowest BCUT2D eigenvalue weighted by Crippen LogP contribution is -2.40. The predicted molar refractivity (Wildman–Crippen MR) is 76.2 cm³/mol. The van der Waals surface area contributed by atoms with Gasteiger partial charge in [0.15, 0.2) is 0 Å². The zero-order valence-electron chi connectivity index (χ0n) is 9.05. The molecule has 0 aliphatic heterocycles. The van der Waals surface area contributed by atoms with Gasteiger partial charge in [-0.1, -0.05) is 6.42 Å².